The number of carbonyl (C=O) groups is 8. The second kappa shape index (κ2) is 45.7. The number of carboxylic acids is 6. The van der Waals surface area contributed by atoms with E-state index in [0.717, 1.165) is 113 Å². The number of piperazine rings is 2. The van der Waals surface area contributed by atoms with E-state index in [1.165, 1.54) is 22.3 Å². The molecule has 6 aromatic rings. The normalized spacial score (nSPS) is 13.8. The minimum atomic E-state index is -1.26. The van der Waals surface area contributed by atoms with Crippen molar-refractivity contribution in [3.63, 3.8) is 0 Å². The van der Waals surface area contributed by atoms with Crippen LogP contribution in [-0.2, 0) is 38.4 Å². The molecule has 508 valence electrons. The predicted octanol–water partition coefficient (Wildman–Crippen LogP) is 9.49. The van der Waals surface area contributed by atoms with Crippen molar-refractivity contribution in [2.45, 2.75) is 64.5 Å². The SMILES string of the molecule is CCC(=Cc1cccnc1)C(=O)NCCCCN1CCN(C(c2ccccc2)c2ccccc2)CC1.CCC(=Cc1cccnc1)C(=O)NCCCCN1CCN(C(c2ccccc2)c2ccccc2)CC1.O=C(O)/C=C/C(=O)O.O=C(O)/C=C/C(=O)O.O=C(O)/C=C/C(=O)O. The molecule has 2 saturated heterocycles. The molecule has 4 heterocycles. The van der Waals surface area contributed by atoms with Gasteiger partial charge in [-0.05, 0) is 109 Å². The molecule has 8 N–H and O–H groups in total. The van der Waals surface area contributed by atoms with Crippen molar-refractivity contribution < 1.29 is 69.0 Å². The Balaban J connectivity index is 0.000000305. The number of hydrogen-bond acceptors (Lipinski definition) is 14. The number of hydrogen-bond donors (Lipinski definition) is 8. The molecule has 0 atom stereocenters. The van der Waals surface area contributed by atoms with Crippen LogP contribution in [0.5, 0.6) is 0 Å². The number of nitrogens with zero attached hydrogens (tertiary/aromatic N) is 6. The number of amides is 2. The van der Waals surface area contributed by atoms with Crippen LogP contribution < -0.4 is 10.6 Å². The van der Waals surface area contributed by atoms with Crippen molar-refractivity contribution >= 4 is 59.8 Å². The lowest BCUT2D eigenvalue weighted by Crippen LogP contribution is -2.48. The first-order valence-corrected chi connectivity index (χ1v) is 31.7. The molecule has 0 unspecified atom stereocenters. The van der Waals surface area contributed by atoms with Gasteiger partial charge in [-0.3, -0.25) is 29.4 Å². The zero-order valence-corrected chi connectivity index (χ0v) is 54.3. The Bertz CT molecular complexity index is 3060. The molecule has 0 saturated carbocycles. The van der Waals surface area contributed by atoms with Crippen molar-refractivity contribution in [3.05, 3.63) is 251 Å². The van der Waals surface area contributed by atoms with Crippen molar-refractivity contribution in [1.29, 1.82) is 0 Å². The summed E-state index contributed by atoms with van der Waals surface area (Å²) in [6, 6.07) is 51.7. The fourth-order valence-corrected chi connectivity index (χ4v) is 10.2. The Morgan fingerprint density at radius 2 is 0.656 bits per heavy atom. The molecule has 2 aromatic heterocycles. The van der Waals surface area contributed by atoms with Crippen LogP contribution >= 0.6 is 0 Å². The third-order valence-electron chi connectivity index (χ3n) is 14.9. The highest BCUT2D eigenvalue weighted by atomic mass is 16.4. The molecule has 2 aliphatic heterocycles. The van der Waals surface area contributed by atoms with Crippen LogP contribution in [-0.4, -0.2) is 186 Å². The van der Waals surface area contributed by atoms with Crippen molar-refractivity contribution in [1.82, 2.24) is 40.2 Å². The average molecular weight is 1310 g/mol. The summed E-state index contributed by atoms with van der Waals surface area (Å²) in [5.74, 6) is -7.48. The number of aliphatic carboxylic acids is 6. The maximum absolute atomic E-state index is 12.6. The van der Waals surface area contributed by atoms with Gasteiger partial charge in [0.2, 0.25) is 11.8 Å². The van der Waals surface area contributed by atoms with Gasteiger partial charge < -0.3 is 51.1 Å². The summed E-state index contributed by atoms with van der Waals surface area (Å²) >= 11 is 0. The molecule has 22 heteroatoms. The van der Waals surface area contributed by atoms with Gasteiger partial charge in [0, 0.05) is 138 Å². The molecule has 2 aliphatic rings. The molecular formula is C74H88N8O14. The van der Waals surface area contributed by atoms with Gasteiger partial charge in [0.1, 0.15) is 0 Å². The number of carbonyl (C=O) groups excluding carboxylic acids is 2. The minimum Gasteiger partial charge on any atom is -0.478 e. The van der Waals surface area contributed by atoms with Gasteiger partial charge in [0.25, 0.3) is 0 Å². The first-order chi connectivity index (χ1) is 46.4. The van der Waals surface area contributed by atoms with E-state index in [9.17, 15) is 38.4 Å². The van der Waals surface area contributed by atoms with Crippen molar-refractivity contribution in [2.75, 3.05) is 78.5 Å². The highest BCUT2D eigenvalue weighted by Crippen LogP contribution is 2.31. The van der Waals surface area contributed by atoms with Crippen molar-refractivity contribution in [2.24, 2.45) is 0 Å². The van der Waals surface area contributed by atoms with Crippen LogP contribution in [0.1, 0.15) is 97.8 Å². The third-order valence-corrected chi connectivity index (χ3v) is 14.9. The number of nitrogens with one attached hydrogen (secondary N) is 2. The lowest BCUT2D eigenvalue weighted by Gasteiger charge is -2.39. The zero-order valence-electron chi connectivity index (χ0n) is 54.3. The summed E-state index contributed by atoms with van der Waals surface area (Å²) in [7, 11) is 0. The Labute approximate surface area is 561 Å². The van der Waals surface area contributed by atoms with Gasteiger partial charge in [0.15, 0.2) is 0 Å². The standard InChI is InChI=1S/2C31H38N4O.3C4H4O4/c2*1-2-27(24-26-12-11-17-32-25-26)31(36)33-18-9-10-19-34-20-22-35(23-21-34)30(28-13-5-3-6-14-28)29-15-7-4-8-16-29;3*5-3(6)1-2-4(7)8/h2*3-8,11-17,24-25,30H,2,9-10,18-23H2,1H3,(H,33,36);3*1-2H,(H,5,6)(H,7,8)/b;;3*2-1+. The van der Waals surface area contributed by atoms with Gasteiger partial charge in [0.05, 0.1) is 12.1 Å². The fraction of sp³-hybridized carbons (Fsp3) is 0.297. The van der Waals surface area contributed by atoms with E-state index in [4.69, 9.17) is 30.6 Å². The molecule has 96 heavy (non-hydrogen) atoms. The van der Waals surface area contributed by atoms with E-state index in [0.29, 0.717) is 74.5 Å². The molecule has 0 aliphatic carbocycles. The van der Waals surface area contributed by atoms with E-state index in [2.05, 4.69) is 162 Å². The van der Waals surface area contributed by atoms with Gasteiger partial charge >= 0.3 is 35.8 Å². The zero-order chi connectivity index (χ0) is 69.7. The van der Waals surface area contributed by atoms with Crippen LogP contribution in [0.3, 0.4) is 0 Å². The molecular weight excluding hydrogens is 1220 g/mol. The lowest BCUT2D eigenvalue weighted by atomic mass is 9.96. The predicted molar refractivity (Wildman–Crippen MR) is 368 cm³/mol. The van der Waals surface area contributed by atoms with E-state index >= 15 is 0 Å². The first-order valence-electron chi connectivity index (χ1n) is 31.7. The third kappa shape index (κ3) is 32.4. The first kappa shape index (κ1) is 77.9. The number of aromatic nitrogens is 2. The second-order valence-electron chi connectivity index (χ2n) is 21.8. The number of benzene rings is 4. The largest absolute Gasteiger partial charge is 0.478 e. The highest BCUT2D eigenvalue weighted by molar-refractivity contribution is 5.98. The number of unbranched alkanes of at least 4 members (excludes halogenated alkanes) is 2. The van der Waals surface area contributed by atoms with E-state index < -0.39 is 35.8 Å². The topological polar surface area (TPSA) is 321 Å². The monoisotopic (exact) mass is 1310 g/mol. The average Bonchev–Trinajstić information content (AvgIpc) is 0.831. The summed E-state index contributed by atoms with van der Waals surface area (Å²) in [5, 5.41) is 53.1. The summed E-state index contributed by atoms with van der Waals surface area (Å²) in [4.78, 5) is 101. The minimum absolute atomic E-state index is 0.0304. The maximum Gasteiger partial charge on any atom is 0.328 e. The Morgan fingerprint density at radius 1 is 0.385 bits per heavy atom. The number of carboxylic acid groups (broad SMARTS) is 6. The van der Waals surface area contributed by atoms with Gasteiger partial charge in [-0.1, -0.05) is 147 Å². The molecule has 22 nitrogen and oxygen atoms in total. The molecule has 0 bridgehead atoms. The molecule has 2 amide bonds. The smallest absolute Gasteiger partial charge is 0.328 e. The Kier molecular flexibility index (Phi) is 37.1. The quantitative estimate of drug-likeness (QED) is 0.0167. The van der Waals surface area contributed by atoms with E-state index in [-0.39, 0.29) is 11.8 Å². The van der Waals surface area contributed by atoms with Crippen molar-refractivity contribution in [3.8, 4) is 0 Å². The molecule has 4 aromatic carbocycles. The summed E-state index contributed by atoms with van der Waals surface area (Å²) in [5.41, 5.74) is 8.95. The van der Waals surface area contributed by atoms with Crippen LogP contribution in [0.2, 0.25) is 0 Å². The van der Waals surface area contributed by atoms with Gasteiger partial charge in [-0.2, -0.15) is 0 Å². The lowest BCUT2D eigenvalue weighted by molar-refractivity contribution is -0.134. The second-order valence-corrected chi connectivity index (χ2v) is 21.8. The van der Waals surface area contributed by atoms with Crippen LogP contribution in [0.15, 0.2) is 218 Å². The van der Waals surface area contributed by atoms with E-state index in [1.54, 1.807) is 24.8 Å². The Hall–Kier alpha value is -10.5. The fourth-order valence-electron chi connectivity index (χ4n) is 10.2. The van der Waals surface area contributed by atoms with Gasteiger partial charge in [-0.25, -0.2) is 28.8 Å². The Morgan fingerprint density at radius 3 is 0.885 bits per heavy atom. The summed E-state index contributed by atoms with van der Waals surface area (Å²) in [6.45, 7) is 16.2. The molecule has 2 fully saturated rings. The van der Waals surface area contributed by atoms with Crippen LogP contribution in [0.25, 0.3) is 12.2 Å². The molecule has 0 spiro atoms. The summed E-state index contributed by atoms with van der Waals surface area (Å²) < 4.78 is 0. The number of rotatable bonds is 28. The molecule has 8 rings (SSSR count). The van der Waals surface area contributed by atoms with E-state index in [1.807, 2.05) is 50.3 Å². The van der Waals surface area contributed by atoms with Crippen LogP contribution in [0.4, 0.5) is 0 Å². The van der Waals surface area contributed by atoms with Gasteiger partial charge in [-0.15, -0.1) is 0 Å². The summed E-state index contributed by atoms with van der Waals surface area (Å²) in [6.07, 6.45) is 19.8. The molecule has 0 radical (unpaired) electrons. The van der Waals surface area contributed by atoms with Crippen LogP contribution in [0, 0.1) is 0 Å². The number of pyridine rings is 2. The maximum atomic E-state index is 12.6. The highest BCUT2D eigenvalue weighted by Gasteiger charge is 2.28.